The third-order valence-electron chi connectivity index (χ3n) is 5.73. The molecule has 0 bridgehead atoms. The average molecular weight is 655 g/mol. The maximum Gasteiger partial charge on any atom is 0.488 e. The van der Waals surface area contributed by atoms with Gasteiger partial charge in [0.25, 0.3) is 0 Å². The molecule has 12 heteroatoms. The van der Waals surface area contributed by atoms with Gasteiger partial charge >= 0.3 is 7.12 Å². The first kappa shape index (κ1) is 39.4. The molecule has 0 heterocycles. The van der Waals surface area contributed by atoms with Gasteiger partial charge in [0.05, 0.1) is 19.9 Å². The van der Waals surface area contributed by atoms with E-state index in [0.717, 1.165) is 16.1 Å². The summed E-state index contributed by atoms with van der Waals surface area (Å²) in [6.45, 7) is 3.91. The zero-order valence-electron chi connectivity index (χ0n) is 23.8. The zero-order valence-corrected chi connectivity index (χ0v) is 27.3. The first-order chi connectivity index (χ1) is 19.0. The number of hydrogen-bond donors (Lipinski definition) is 4. The first-order valence-corrected chi connectivity index (χ1v) is 13.2. The van der Waals surface area contributed by atoms with Crippen LogP contribution in [0.25, 0.3) is 0 Å². The van der Waals surface area contributed by atoms with Gasteiger partial charge in [-0.15, -0.1) is 0 Å². The highest BCUT2D eigenvalue weighted by molar-refractivity contribution is 7.59. The average Bonchev–Trinajstić information content (AvgIpc) is 2.95. The second kappa shape index (κ2) is 20.4. The molecular weight excluding hydrogens is 617 g/mol. The highest BCUT2D eigenvalue weighted by Crippen LogP contribution is 2.25. The Morgan fingerprint density at radius 1 is 0.738 bits per heavy atom. The Bertz CT molecular complexity index is 1300. The standard InChI is InChI=1S/C15H15ClFNO.C8H10ClN.C7H9BO3.2H2S/c1-10(11-3-5-12(16)6-4-11)18-15-8-7-13(19-2)9-14(15)17;1-6(10)7-2-4-8(9)5-3-7;1-11-7-4-2-6(3-5-7)8(9)10;;/h3-10,18H,1-2H3;2-6H,10H2,1H3;2-5,9-10H,1H3;2*1H2/t10-;6-;;;/m00.../s1. The SMILES string of the molecule is COc1ccc(B(O)O)cc1.COc1ccc(N[C@@H](C)c2ccc(Cl)cc2)c(F)c1.C[C@H](N)c1ccc(Cl)cc1.S.S. The van der Waals surface area contributed by atoms with Crippen molar-refractivity contribution in [2.45, 2.75) is 25.9 Å². The van der Waals surface area contributed by atoms with Gasteiger partial charge in [-0.1, -0.05) is 59.6 Å². The topological polar surface area (TPSA) is 97.0 Å². The molecule has 4 aromatic carbocycles. The van der Waals surface area contributed by atoms with Crippen molar-refractivity contribution in [2.24, 2.45) is 5.73 Å². The van der Waals surface area contributed by atoms with Crippen molar-refractivity contribution in [1.29, 1.82) is 0 Å². The number of hydrogen-bond acceptors (Lipinski definition) is 6. The summed E-state index contributed by atoms with van der Waals surface area (Å²) < 4.78 is 23.7. The van der Waals surface area contributed by atoms with Crippen LogP contribution in [0.2, 0.25) is 10.0 Å². The lowest BCUT2D eigenvalue weighted by molar-refractivity contribution is 0.411. The molecule has 0 fully saturated rings. The second-order valence-electron chi connectivity index (χ2n) is 8.75. The molecule has 0 aliphatic heterocycles. The van der Waals surface area contributed by atoms with Crippen molar-refractivity contribution in [3.8, 4) is 11.5 Å². The molecule has 0 aliphatic rings. The van der Waals surface area contributed by atoms with Gasteiger partial charge in [0.15, 0.2) is 0 Å². The smallest absolute Gasteiger partial charge is 0.488 e. The molecule has 0 spiro atoms. The molecule has 0 unspecified atom stereocenters. The van der Waals surface area contributed by atoms with Gasteiger partial charge in [-0.05, 0) is 79.0 Å². The van der Waals surface area contributed by atoms with Gasteiger partial charge in [-0.3, -0.25) is 0 Å². The number of ether oxygens (including phenoxy) is 2. The van der Waals surface area contributed by atoms with Crippen LogP contribution in [0.5, 0.6) is 11.5 Å². The van der Waals surface area contributed by atoms with Crippen LogP contribution in [0, 0.1) is 5.82 Å². The zero-order chi connectivity index (χ0) is 29.7. The molecule has 228 valence electrons. The molecular formula is C30H38BCl2FN2O4S2. The Morgan fingerprint density at radius 2 is 1.19 bits per heavy atom. The minimum absolute atomic E-state index is 0. The Hall–Kier alpha value is -2.57. The maximum atomic E-state index is 13.8. The number of anilines is 1. The van der Waals surface area contributed by atoms with Crippen LogP contribution in [0.4, 0.5) is 10.1 Å². The van der Waals surface area contributed by atoms with E-state index in [1.54, 1.807) is 43.5 Å². The number of benzene rings is 4. The van der Waals surface area contributed by atoms with E-state index in [9.17, 15) is 4.39 Å². The summed E-state index contributed by atoms with van der Waals surface area (Å²) in [6, 6.07) is 26.4. The monoisotopic (exact) mass is 654 g/mol. The molecule has 42 heavy (non-hydrogen) atoms. The lowest BCUT2D eigenvalue weighted by Crippen LogP contribution is -2.29. The fourth-order valence-electron chi connectivity index (χ4n) is 3.35. The Kier molecular flexibility index (Phi) is 19.1. The predicted molar refractivity (Wildman–Crippen MR) is 184 cm³/mol. The molecule has 0 amide bonds. The fourth-order valence-corrected chi connectivity index (χ4v) is 3.60. The molecule has 0 radical (unpaired) electrons. The van der Waals surface area contributed by atoms with Gasteiger partial charge in [0.2, 0.25) is 0 Å². The quantitative estimate of drug-likeness (QED) is 0.167. The fraction of sp³-hybridized carbons (Fsp3) is 0.200. The second-order valence-corrected chi connectivity index (χ2v) is 9.62. The largest absolute Gasteiger partial charge is 0.497 e. The van der Waals surface area contributed by atoms with Crippen molar-refractivity contribution >= 4 is 68.5 Å². The van der Waals surface area contributed by atoms with E-state index in [1.807, 2.05) is 62.4 Å². The van der Waals surface area contributed by atoms with Crippen LogP contribution < -0.4 is 26.0 Å². The molecule has 0 aromatic heterocycles. The molecule has 5 N–H and O–H groups in total. The maximum absolute atomic E-state index is 13.8. The van der Waals surface area contributed by atoms with Gasteiger partial charge in [0.1, 0.15) is 17.3 Å². The van der Waals surface area contributed by atoms with Crippen molar-refractivity contribution in [1.82, 2.24) is 0 Å². The first-order valence-electron chi connectivity index (χ1n) is 12.4. The van der Waals surface area contributed by atoms with Crippen molar-refractivity contribution in [3.63, 3.8) is 0 Å². The summed E-state index contributed by atoms with van der Waals surface area (Å²) in [7, 11) is 1.67. The van der Waals surface area contributed by atoms with Crippen molar-refractivity contribution in [2.75, 3.05) is 19.5 Å². The van der Waals surface area contributed by atoms with Crippen molar-refractivity contribution < 1.29 is 23.9 Å². The highest BCUT2D eigenvalue weighted by Gasteiger charge is 2.10. The molecule has 0 saturated heterocycles. The van der Waals surface area contributed by atoms with Gasteiger partial charge in [-0.2, -0.15) is 27.0 Å². The third kappa shape index (κ3) is 13.6. The number of nitrogens with one attached hydrogen (secondary N) is 1. The van der Waals surface area contributed by atoms with Crippen LogP contribution in [-0.2, 0) is 0 Å². The summed E-state index contributed by atoms with van der Waals surface area (Å²) in [6.07, 6.45) is 0. The molecule has 4 aromatic rings. The summed E-state index contributed by atoms with van der Waals surface area (Å²) in [5, 5.41) is 22.0. The minimum Gasteiger partial charge on any atom is -0.497 e. The van der Waals surface area contributed by atoms with Crippen LogP contribution in [0.1, 0.15) is 37.1 Å². The minimum atomic E-state index is -1.40. The van der Waals surface area contributed by atoms with E-state index in [1.165, 1.54) is 13.2 Å². The lowest BCUT2D eigenvalue weighted by Gasteiger charge is -2.16. The van der Waals surface area contributed by atoms with Crippen LogP contribution in [0.15, 0.2) is 91.0 Å². The molecule has 6 nitrogen and oxygen atoms in total. The Balaban J connectivity index is 0.000000630. The predicted octanol–water partition coefficient (Wildman–Crippen LogP) is 6.62. The lowest BCUT2D eigenvalue weighted by atomic mass is 9.80. The van der Waals surface area contributed by atoms with Crippen LogP contribution >= 0.6 is 50.2 Å². The Morgan fingerprint density at radius 3 is 1.60 bits per heavy atom. The van der Waals surface area contributed by atoms with Gasteiger partial charge < -0.3 is 30.6 Å². The van der Waals surface area contributed by atoms with Gasteiger partial charge in [0, 0.05) is 28.2 Å². The van der Waals surface area contributed by atoms with E-state index >= 15 is 0 Å². The molecule has 2 atom stereocenters. The normalized spacial score (nSPS) is 11.0. The van der Waals surface area contributed by atoms with E-state index < -0.39 is 7.12 Å². The van der Waals surface area contributed by atoms with Gasteiger partial charge in [-0.25, -0.2) is 4.39 Å². The highest BCUT2D eigenvalue weighted by atomic mass is 35.5. The summed E-state index contributed by atoms with van der Waals surface area (Å²) >= 11 is 11.5. The molecule has 0 aliphatic carbocycles. The van der Waals surface area contributed by atoms with E-state index in [-0.39, 0.29) is 44.9 Å². The van der Waals surface area contributed by atoms with Crippen LogP contribution in [0.3, 0.4) is 0 Å². The van der Waals surface area contributed by atoms with E-state index in [0.29, 0.717) is 27.7 Å². The summed E-state index contributed by atoms with van der Waals surface area (Å²) in [5.41, 5.74) is 8.69. The summed E-state index contributed by atoms with van der Waals surface area (Å²) in [5.74, 6) is 0.872. The van der Waals surface area contributed by atoms with E-state index in [4.69, 9.17) is 48.5 Å². The Labute approximate surface area is 272 Å². The number of methoxy groups -OCH3 is 2. The number of nitrogens with two attached hydrogens (primary N) is 1. The number of halogens is 3. The molecule has 4 rings (SSSR count). The number of rotatable bonds is 7. The van der Waals surface area contributed by atoms with Crippen molar-refractivity contribution in [3.05, 3.63) is 118 Å². The summed E-state index contributed by atoms with van der Waals surface area (Å²) in [4.78, 5) is 0. The molecule has 0 saturated carbocycles. The van der Waals surface area contributed by atoms with Crippen LogP contribution in [-0.4, -0.2) is 31.4 Å². The van der Waals surface area contributed by atoms with E-state index in [2.05, 4.69) is 5.32 Å². The third-order valence-corrected chi connectivity index (χ3v) is 6.23.